The molecule has 0 aliphatic rings. The maximum Gasteiger partial charge on any atom is 0.0769 e. The highest BCUT2D eigenvalue weighted by atomic mass is 79.9. The van der Waals surface area contributed by atoms with Crippen LogP contribution in [0.4, 0.5) is 0 Å². The van der Waals surface area contributed by atoms with Crippen LogP contribution in [0.3, 0.4) is 0 Å². The molecule has 1 aromatic rings. The van der Waals surface area contributed by atoms with Crippen LogP contribution in [0.25, 0.3) is 0 Å². The third-order valence-corrected chi connectivity index (χ3v) is 6.64. The molecule has 1 aromatic heterocycles. The Labute approximate surface area is 206 Å². The molecule has 1 rings (SSSR count). The monoisotopic (exact) mass is 592 g/mol. The molecule has 0 N–H and O–H groups in total. The Hall–Kier alpha value is 0.340. The third kappa shape index (κ3) is 15.0. The predicted octanol–water partition coefficient (Wildman–Crippen LogP) is 3.67. The first kappa shape index (κ1) is 29.4. The van der Waals surface area contributed by atoms with Crippen molar-refractivity contribution in [3.8, 4) is 0 Å². The molecule has 1 heterocycles. The van der Waals surface area contributed by atoms with Crippen LogP contribution in [-0.2, 0) is 51.1 Å². The summed E-state index contributed by atoms with van der Waals surface area (Å²) in [5, 5.41) is 0. The van der Waals surface area contributed by atoms with E-state index >= 15 is 0 Å². The van der Waals surface area contributed by atoms with Crippen molar-refractivity contribution in [2.24, 2.45) is 0 Å². The lowest BCUT2D eigenvalue weighted by atomic mass is 10.2. The van der Waals surface area contributed by atoms with Gasteiger partial charge in [0, 0.05) is 25.3 Å². The van der Waals surface area contributed by atoms with Crippen LogP contribution in [0.15, 0.2) is 7.57 Å². The Morgan fingerprint density at radius 1 is 0.484 bits per heavy atom. The van der Waals surface area contributed by atoms with E-state index in [1.165, 1.54) is 0 Å². The summed E-state index contributed by atoms with van der Waals surface area (Å²) in [6.07, 6.45) is 0. The fourth-order valence-corrected chi connectivity index (χ4v) is 5.34. The average Bonchev–Trinajstić information content (AvgIpc) is 3.03. The van der Waals surface area contributed by atoms with Gasteiger partial charge >= 0.3 is 0 Å². The summed E-state index contributed by atoms with van der Waals surface area (Å²) >= 11 is 8.83. The highest BCUT2D eigenvalue weighted by molar-refractivity contribution is 9.12. The van der Waals surface area contributed by atoms with Crippen molar-refractivity contribution >= 4 is 43.2 Å². The lowest BCUT2D eigenvalue weighted by Gasteiger charge is -2.10. The van der Waals surface area contributed by atoms with Crippen molar-refractivity contribution in [1.82, 2.24) is 0 Å². The molecule has 8 nitrogen and oxygen atoms in total. The number of thiophene rings is 1. The second kappa shape index (κ2) is 20.9. The lowest BCUT2D eigenvalue weighted by molar-refractivity contribution is -0.00168. The van der Waals surface area contributed by atoms with Gasteiger partial charge in [0.15, 0.2) is 0 Å². The summed E-state index contributed by atoms with van der Waals surface area (Å²) in [4.78, 5) is 0. The van der Waals surface area contributed by atoms with E-state index in [4.69, 9.17) is 37.9 Å². The number of methoxy groups -OCH3 is 2. The van der Waals surface area contributed by atoms with E-state index in [-0.39, 0.29) is 0 Å². The molecule has 11 heteroatoms. The Morgan fingerprint density at radius 2 is 0.774 bits per heavy atom. The number of hydrogen-bond acceptors (Lipinski definition) is 9. The average molecular weight is 594 g/mol. The summed E-state index contributed by atoms with van der Waals surface area (Å²) < 4.78 is 45.1. The Kier molecular flexibility index (Phi) is 19.8. The molecular weight excluding hydrogens is 560 g/mol. The summed E-state index contributed by atoms with van der Waals surface area (Å²) in [5.74, 6) is 0. The van der Waals surface area contributed by atoms with Gasteiger partial charge in [-0.05, 0) is 31.9 Å². The fourth-order valence-electron chi connectivity index (χ4n) is 2.24. The van der Waals surface area contributed by atoms with Gasteiger partial charge in [-0.25, -0.2) is 0 Å². The zero-order valence-corrected chi connectivity index (χ0v) is 22.3. The topological polar surface area (TPSA) is 73.8 Å². The Morgan fingerprint density at radius 3 is 1.10 bits per heavy atom. The van der Waals surface area contributed by atoms with Crippen LogP contribution >= 0.6 is 43.2 Å². The molecule has 0 saturated heterocycles. The van der Waals surface area contributed by atoms with E-state index in [1.54, 1.807) is 25.6 Å². The zero-order chi connectivity index (χ0) is 22.6. The normalized spacial score (nSPS) is 11.5. The van der Waals surface area contributed by atoms with Crippen LogP contribution in [0.2, 0.25) is 0 Å². The lowest BCUT2D eigenvalue weighted by Crippen LogP contribution is -2.12. The van der Waals surface area contributed by atoms with E-state index in [9.17, 15) is 0 Å². The minimum Gasteiger partial charge on any atom is -0.382 e. The van der Waals surface area contributed by atoms with Crippen LogP contribution in [0.1, 0.15) is 11.1 Å². The summed E-state index contributed by atoms with van der Waals surface area (Å²) in [6, 6.07) is 0. The van der Waals surface area contributed by atoms with Crippen molar-refractivity contribution in [2.75, 3.05) is 93.5 Å². The first-order chi connectivity index (χ1) is 15.2. The molecule has 31 heavy (non-hydrogen) atoms. The van der Waals surface area contributed by atoms with Gasteiger partial charge in [0.05, 0.1) is 100 Å². The number of hydrogen-bond donors (Lipinski definition) is 0. The molecule has 0 aromatic carbocycles. The molecule has 0 atom stereocenters. The van der Waals surface area contributed by atoms with Gasteiger partial charge in [0.2, 0.25) is 0 Å². The van der Waals surface area contributed by atoms with Crippen LogP contribution in [0.5, 0.6) is 0 Å². The van der Waals surface area contributed by atoms with Gasteiger partial charge in [-0.1, -0.05) is 0 Å². The van der Waals surface area contributed by atoms with E-state index in [0.717, 1.165) is 18.7 Å². The van der Waals surface area contributed by atoms with Gasteiger partial charge in [0.1, 0.15) is 0 Å². The van der Waals surface area contributed by atoms with Gasteiger partial charge in [0.25, 0.3) is 0 Å². The molecule has 182 valence electrons. The number of halogens is 2. The van der Waals surface area contributed by atoms with Gasteiger partial charge in [-0.3, -0.25) is 0 Å². The first-order valence-corrected chi connectivity index (χ1v) is 12.5. The van der Waals surface area contributed by atoms with Crippen LogP contribution < -0.4 is 0 Å². The molecular formula is C20H34Br2O8S. The SMILES string of the molecule is COCCOCCOCCOCc1c(Br)sc(Br)c1COCCOCCOCCOC. The molecule has 0 aliphatic carbocycles. The van der Waals surface area contributed by atoms with E-state index in [1.807, 2.05) is 0 Å². The second-order valence-electron chi connectivity index (χ2n) is 6.15. The van der Waals surface area contributed by atoms with Gasteiger partial charge in [-0.2, -0.15) is 0 Å². The largest absolute Gasteiger partial charge is 0.382 e. The quantitative estimate of drug-likeness (QED) is 0.189. The van der Waals surface area contributed by atoms with Crippen LogP contribution in [0, 0.1) is 0 Å². The zero-order valence-electron chi connectivity index (χ0n) is 18.3. The standard InChI is InChI=1S/C20H34Br2O8S/c1-23-3-5-25-7-9-27-11-13-29-15-17-18(20(22)31-19(17)21)16-30-14-12-28-10-8-26-6-4-24-2/h3-16H2,1-2H3. The molecule has 0 spiro atoms. The smallest absolute Gasteiger partial charge is 0.0769 e. The molecule has 0 fully saturated rings. The van der Waals surface area contributed by atoms with Gasteiger partial charge < -0.3 is 37.9 Å². The molecule has 0 radical (unpaired) electrons. The van der Waals surface area contributed by atoms with Crippen molar-refractivity contribution in [3.63, 3.8) is 0 Å². The van der Waals surface area contributed by atoms with Crippen molar-refractivity contribution in [3.05, 3.63) is 18.7 Å². The fraction of sp³-hybridized carbons (Fsp3) is 0.800. The van der Waals surface area contributed by atoms with Crippen molar-refractivity contribution < 1.29 is 37.9 Å². The Balaban J connectivity index is 2.12. The maximum atomic E-state index is 5.77. The summed E-state index contributed by atoms with van der Waals surface area (Å²) in [7, 11) is 3.30. The second-order valence-corrected chi connectivity index (χ2v) is 9.80. The predicted molar refractivity (Wildman–Crippen MR) is 126 cm³/mol. The van der Waals surface area contributed by atoms with E-state index in [2.05, 4.69) is 31.9 Å². The molecule has 0 amide bonds. The minimum atomic E-state index is 0.490. The van der Waals surface area contributed by atoms with E-state index < -0.39 is 0 Å². The molecule has 0 bridgehead atoms. The molecule has 0 unspecified atom stereocenters. The first-order valence-electron chi connectivity index (χ1n) is 10.1. The number of ether oxygens (including phenoxy) is 8. The van der Waals surface area contributed by atoms with Crippen LogP contribution in [-0.4, -0.2) is 93.5 Å². The summed E-state index contributed by atoms with van der Waals surface area (Å²) in [5.41, 5.74) is 2.18. The minimum absolute atomic E-state index is 0.490. The Bertz CT molecular complexity index is 503. The highest BCUT2D eigenvalue weighted by Crippen LogP contribution is 2.38. The van der Waals surface area contributed by atoms with E-state index in [0.29, 0.717) is 92.5 Å². The maximum absolute atomic E-state index is 5.77. The highest BCUT2D eigenvalue weighted by Gasteiger charge is 2.15. The molecule has 0 aliphatic heterocycles. The van der Waals surface area contributed by atoms with Crippen molar-refractivity contribution in [2.45, 2.75) is 13.2 Å². The summed E-state index contributed by atoms with van der Waals surface area (Å²) in [6.45, 7) is 7.60. The number of rotatable bonds is 22. The third-order valence-electron chi connectivity index (χ3n) is 3.86. The van der Waals surface area contributed by atoms with Crippen molar-refractivity contribution in [1.29, 1.82) is 0 Å². The molecule has 0 saturated carbocycles. The van der Waals surface area contributed by atoms with Gasteiger partial charge in [-0.15, -0.1) is 11.3 Å².